The van der Waals surface area contributed by atoms with Crippen LogP contribution in [0.3, 0.4) is 0 Å². The molecule has 0 saturated carbocycles. The van der Waals surface area contributed by atoms with E-state index in [4.69, 9.17) is 26.7 Å². The standard InChI is InChI=1S/C31H31ClN4O3/c1-21-20-35(25-7-3-2-4-8-25)17-18-36(21)31(39)23-13-16-26-28(19-23)33-27(9-5-6-10-29(37)38)30(34-26)22-11-14-24(32)15-12-22/h2-4,7-8,11-16,19,21H,5-6,9-10,17-18,20H2,1H3,(H,37,38). The van der Waals surface area contributed by atoms with Gasteiger partial charge in [0.05, 0.1) is 22.4 Å². The van der Waals surface area contributed by atoms with Crippen LogP contribution in [0.5, 0.6) is 0 Å². The summed E-state index contributed by atoms with van der Waals surface area (Å²) in [4.78, 5) is 38.6. The molecule has 1 aliphatic rings. The van der Waals surface area contributed by atoms with Crippen molar-refractivity contribution in [1.82, 2.24) is 14.9 Å². The topological polar surface area (TPSA) is 86.6 Å². The predicted molar refractivity (Wildman–Crippen MR) is 154 cm³/mol. The maximum Gasteiger partial charge on any atom is 0.303 e. The van der Waals surface area contributed by atoms with Crippen molar-refractivity contribution in [2.45, 2.75) is 38.6 Å². The van der Waals surface area contributed by atoms with E-state index in [1.807, 2.05) is 65.6 Å². The molecule has 200 valence electrons. The number of aliphatic carboxylic acids is 1. The molecule has 2 heterocycles. The van der Waals surface area contributed by atoms with Gasteiger partial charge in [-0.25, -0.2) is 9.97 Å². The van der Waals surface area contributed by atoms with Gasteiger partial charge < -0.3 is 14.9 Å². The largest absolute Gasteiger partial charge is 0.481 e. The summed E-state index contributed by atoms with van der Waals surface area (Å²) in [6, 6.07) is 23.3. The van der Waals surface area contributed by atoms with Gasteiger partial charge in [-0.2, -0.15) is 0 Å². The third-order valence-electron chi connectivity index (χ3n) is 7.16. The number of anilines is 1. The van der Waals surface area contributed by atoms with Gasteiger partial charge in [-0.3, -0.25) is 9.59 Å². The number of aromatic nitrogens is 2. The number of hydrogen-bond acceptors (Lipinski definition) is 5. The van der Waals surface area contributed by atoms with Gasteiger partial charge >= 0.3 is 5.97 Å². The first-order valence-electron chi connectivity index (χ1n) is 13.3. The zero-order valence-electron chi connectivity index (χ0n) is 21.9. The normalized spacial score (nSPS) is 15.5. The molecule has 8 heteroatoms. The molecule has 3 aromatic carbocycles. The number of nitrogens with zero attached hydrogens (tertiary/aromatic N) is 4. The number of carbonyl (C=O) groups excluding carboxylic acids is 1. The van der Waals surface area contributed by atoms with Crippen molar-refractivity contribution in [3.63, 3.8) is 0 Å². The predicted octanol–water partition coefficient (Wildman–Crippen LogP) is 6.10. The van der Waals surface area contributed by atoms with Crippen molar-refractivity contribution in [2.24, 2.45) is 0 Å². The first kappa shape index (κ1) is 26.6. The average Bonchev–Trinajstić information content (AvgIpc) is 2.95. The van der Waals surface area contributed by atoms with E-state index in [0.29, 0.717) is 47.4 Å². The minimum atomic E-state index is -0.806. The molecule has 1 N–H and O–H groups in total. The van der Waals surface area contributed by atoms with E-state index in [9.17, 15) is 9.59 Å². The molecule has 0 spiro atoms. The number of carboxylic acid groups (broad SMARTS) is 1. The van der Waals surface area contributed by atoms with Crippen molar-refractivity contribution in [1.29, 1.82) is 0 Å². The van der Waals surface area contributed by atoms with Crippen molar-refractivity contribution in [3.05, 3.63) is 89.1 Å². The molecule has 0 bridgehead atoms. The van der Waals surface area contributed by atoms with Crippen molar-refractivity contribution in [3.8, 4) is 11.3 Å². The Labute approximate surface area is 233 Å². The summed E-state index contributed by atoms with van der Waals surface area (Å²) in [5.41, 5.74) is 5.55. The third kappa shape index (κ3) is 6.20. The highest BCUT2D eigenvalue weighted by Crippen LogP contribution is 2.27. The number of amides is 1. The van der Waals surface area contributed by atoms with Gasteiger partial charge in [0, 0.05) is 53.9 Å². The van der Waals surface area contributed by atoms with Gasteiger partial charge in [0.25, 0.3) is 5.91 Å². The van der Waals surface area contributed by atoms with E-state index in [1.54, 1.807) is 0 Å². The van der Waals surface area contributed by atoms with Gasteiger partial charge in [-0.1, -0.05) is 41.9 Å². The molecule has 1 fully saturated rings. The molecule has 5 rings (SSSR count). The van der Waals surface area contributed by atoms with Crippen molar-refractivity contribution < 1.29 is 14.7 Å². The number of carboxylic acids is 1. The van der Waals surface area contributed by atoms with Crippen LogP contribution in [0.1, 0.15) is 42.2 Å². The van der Waals surface area contributed by atoms with Crippen LogP contribution in [-0.4, -0.2) is 57.5 Å². The van der Waals surface area contributed by atoms with Crippen LogP contribution in [0.4, 0.5) is 5.69 Å². The second kappa shape index (κ2) is 11.8. The molecule has 1 atom stereocenters. The summed E-state index contributed by atoms with van der Waals surface area (Å²) in [7, 11) is 0. The summed E-state index contributed by atoms with van der Waals surface area (Å²) in [5.74, 6) is -0.816. The highest BCUT2D eigenvalue weighted by atomic mass is 35.5. The van der Waals surface area contributed by atoms with Crippen LogP contribution >= 0.6 is 11.6 Å². The number of carbonyl (C=O) groups is 2. The molecule has 1 aromatic heterocycles. The van der Waals surface area contributed by atoms with Crippen LogP contribution < -0.4 is 4.90 Å². The molecule has 1 amide bonds. The highest BCUT2D eigenvalue weighted by molar-refractivity contribution is 6.30. The van der Waals surface area contributed by atoms with Gasteiger partial charge in [0.15, 0.2) is 0 Å². The summed E-state index contributed by atoms with van der Waals surface area (Å²) in [5, 5.41) is 9.65. The first-order valence-corrected chi connectivity index (χ1v) is 13.7. The number of halogens is 1. The lowest BCUT2D eigenvalue weighted by molar-refractivity contribution is -0.137. The van der Waals surface area contributed by atoms with Crippen LogP contribution in [0.15, 0.2) is 72.8 Å². The Balaban J connectivity index is 1.40. The smallest absolute Gasteiger partial charge is 0.303 e. The monoisotopic (exact) mass is 542 g/mol. The number of fused-ring (bicyclic) bond motifs is 1. The van der Waals surface area contributed by atoms with E-state index < -0.39 is 5.97 Å². The second-order valence-electron chi connectivity index (χ2n) is 9.96. The lowest BCUT2D eigenvalue weighted by Gasteiger charge is -2.41. The third-order valence-corrected chi connectivity index (χ3v) is 7.42. The Bertz CT molecular complexity index is 1480. The van der Waals surface area contributed by atoms with E-state index in [-0.39, 0.29) is 18.4 Å². The first-order chi connectivity index (χ1) is 18.9. The maximum atomic E-state index is 13.6. The lowest BCUT2D eigenvalue weighted by Crippen LogP contribution is -2.54. The number of piperazine rings is 1. The average molecular weight is 543 g/mol. The number of hydrogen-bond donors (Lipinski definition) is 1. The Hall–Kier alpha value is -3.97. The fourth-order valence-corrected chi connectivity index (χ4v) is 5.23. The molecular formula is C31H31ClN4O3. The van der Waals surface area contributed by atoms with Gasteiger partial charge in [-0.15, -0.1) is 0 Å². The van der Waals surface area contributed by atoms with Crippen LogP contribution in [0.2, 0.25) is 5.02 Å². The fraction of sp³-hybridized carbons (Fsp3) is 0.290. The van der Waals surface area contributed by atoms with Crippen LogP contribution in [0, 0.1) is 0 Å². The SMILES string of the molecule is CC1CN(c2ccccc2)CCN1C(=O)c1ccc2nc(-c3ccc(Cl)cc3)c(CCCCC(=O)O)nc2c1. The van der Waals surface area contributed by atoms with Gasteiger partial charge in [0.1, 0.15) is 0 Å². The van der Waals surface area contributed by atoms with E-state index in [1.165, 1.54) is 5.69 Å². The van der Waals surface area contributed by atoms with Crippen molar-refractivity contribution >= 4 is 40.2 Å². The number of para-hydroxylation sites is 1. The van der Waals surface area contributed by atoms with Gasteiger partial charge in [-0.05, 0) is 68.7 Å². The Morgan fingerprint density at radius 3 is 2.44 bits per heavy atom. The van der Waals surface area contributed by atoms with Gasteiger partial charge in [0.2, 0.25) is 0 Å². The summed E-state index contributed by atoms with van der Waals surface area (Å²) in [6.45, 7) is 4.27. The number of benzene rings is 3. The van der Waals surface area contributed by atoms with E-state index in [2.05, 4.69) is 24.0 Å². The van der Waals surface area contributed by atoms with Crippen LogP contribution in [0.25, 0.3) is 22.3 Å². The Morgan fingerprint density at radius 2 is 1.72 bits per heavy atom. The zero-order chi connectivity index (χ0) is 27.4. The zero-order valence-corrected chi connectivity index (χ0v) is 22.6. The lowest BCUT2D eigenvalue weighted by atomic mass is 10.0. The molecule has 0 aliphatic carbocycles. The minimum absolute atomic E-state index is 0.0105. The maximum absolute atomic E-state index is 13.6. The molecule has 1 aliphatic heterocycles. The van der Waals surface area contributed by atoms with E-state index in [0.717, 1.165) is 30.0 Å². The number of rotatable bonds is 8. The number of unbranched alkanes of at least 4 members (excludes halogenated alkanes) is 1. The summed E-state index contributed by atoms with van der Waals surface area (Å²) in [6.07, 6.45) is 1.94. The second-order valence-corrected chi connectivity index (χ2v) is 10.4. The molecule has 7 nitrogen and oxygen atoms in total. The summed E-state index contributed by atoms with van der Waals surface area (Å²) < 4.78 is 0. The minimum Gasteiger partial charge on any atom is -0.481 e. The molecule has 1 unspecified atom stereocenters. The molecule has 0 radical (unpaired) electrons. The molecule has 39 heavy (non-hydrogen) atoms. The molecule has 4 aromatic rings. The number of aryl methyl sites for hydroxylation is 1. The Morgan fingerprint density at radius 1 is 0.949 bits per heavy atom. The molecular weight excluding hydrogens is 512 g/mol. The fourth-order valence-electron chi connectivity index (χ4n) is 5.10. The Kier molecular flexibility index (Phi) is 8.07. The van der Waals surface area contributed by atoms with Crippen LogP contribution in [-0.2, 0) is 11.2 Å². The molecule has 1 saturated heterocycles. The quantitative estimate of drug-likeness (QED) is 0.271. The van der Waals surface area contributed by atoms with E-state index >= 15 is 0 Å². The van der Waals surface area contributed by atoms with Crippen molar-refractivity contribution in [2.75, 3.05) is 24.5 Å². The summed E-state index contributed by atoms with van der Waals surface area (Å²) >= 11 is 6.10. The highest BCUT2D eigenvalue weighted by Gasteiger charge is 2.28.